The van der Waals surface area contributed by atoms with Crippen molar-refractivity contribution in [3.63, 3.8) is 0 Å². The number of hydrogen-bond donors (Lipinski definition) is 2. The second-order valence-electron chi connectivity index (χ2n) is 5.14. The molecule has 0 bridgehead atoms. The fourth-order valence-electron chi connectivity index (χ4n) is 2.39. The van der Waals surface area contributed by atoms with Gasteiger partial charge in [-0.15, -0.1) is 0 Å². The molecule has 2 heterocycles. The van der Waals surface area contributed by atoms with Crippen molar-refractivity contribution in [1.29, 1.82) is 5.26 Å². The van der Waals surface area contributed by atoms with Gasteiger partial charge in [-0.05, 0) is 19.4 Å². The SMILES string of the molecule is Cc1nn(C[NH+]2CCC(O)CC2)c(=O)c(C#N)c1C. The highest BCUT2D eigenvalue weighted by atomic mass is 16.3. The molecule has 1 aliphatic rings. The Morgan fingerprint density at radius 2 is 2.11 bits per heavy atom. The Morgan fingerprint density at radius 3 is 2.68 bits per heavy atom. The van der Waals surface area contributed by atoms with Gasteiger partial charge in [-0.2, -0.15) is 15.0 Å². The number of nitrogens with zero attached hydrogens (tertiary/aromatic N) is 3. The number of aliphatic hydroxyl groups excluding tert-OH is 1. The Kier molecular flexibility index (Phi) is 3.98. The zero-order valence-electron chi connectivity index (χ0n) is 11.3. The zero-order chi connectivity index (χ0) is 14.0. The average molecular weight is 263 g/mol. The Morgan fingerprint density at radius 1 is 1.47 bits per heavy atom. The van der Waals surface area contributed by atoms with Gasteiger partial charge < -0.3 is 10.0 Å². The van der Waals surface area contributed by atoms with Gasteiger partial charge in [-0.1, -0.05) is 0 Å². The lowest BCUT2D eigenvalue weighted by Gasteiger charge is -2.26. The van der Waals surface area contributed by atoms with Gasteiger partial charge in [0.25, 0.3) is 5.56 Å². The number of aliphatic hydroxyl groups is 1. The standard InChI is InChI=1S/C13H18N4O2/c1-9-10(2)15-17(13(19)12(9)7-14)8-16-5-3-11(18)4-6-16/h11,18H,3-6,8H2,1-2H3/p+1. The molecule has 1 aromatic rings. The lowest BCUT2D eigenvalue weighted by atomic mass is 10.1. The van der Waals surface area contributed by atoms with Gasteiger partial charge in [0.15, 0.2) is 6.67 Å². The van der Waals surface area contributed by atoms with Gasteiger partial charge in [0.1, 0.15) is 11.6 Å². The number of quaternary nitrogens is 1. The second-order valence-corrected chi connectivity index (χ2v) is 5.14. The van der Waals surface area contributed by atoms with E-state index in [9.17, 15) is 9.90 Å². The van der Waals surface area contributed by atoms with Crippen molar-refractivity contribution >= 4 is 0 Å². The topological polar surface area (TPSA) is 83.3 Å². The van der Waals surface area contributed by atoms with Crippen LogP contribution in [0.1, 0.15) is 29.7 Å². The summed E-state index contributed by atoms with van der Waals surface area (Å²) in [4.78, 5) is 13.3. The molecule has 1 fully saturated rings. The zero-order valence-corrected chi connectivity index (χ0v) is 11.3. The highest BCUT2D eigenvalue weighted by Crippen LogP contribution is 2.04. The van der Waals surface area contributed by atoms with E-state index in [4.69, 9.17) is 5.26 Å². The van der Waals surface area contributed by atoms with Crippen LogP contribution in [0.3, 0.4) is 0 Å². The van der Waals surface area contributed by atoms with E-state index >= 15 is 0 Å². The van der Waals surface area contributed by atoms with Crippen LogP contribution >= 0.6 is 0 Å². The van der Waals surface area contributed by atoms with E-state index in [1.807, 2.05) is 6.07 Å². The summed E-state index contributed by atoms with van der Waals surface area (Å²) in [6.45, 7) is 5.66. The second kappa shape index (κ2) is 5.51. The summed E-state index contributed by atoms with van der Waals surface area (Å²) in [6, 6.07) is 1.97. The number of rotatable bonds is 2. The maximum atomic E-state index is 12.1. The third-order valence-electron chi connectivity index (χ3n) is 3.78. The summed E-state index contributed by atoms with van der Waals surface area (Å²) in [5, 5.41) is 22.8. The number of aromatic nitrogens is 2. The molecule has 6 nitrogen and oxygen atoms in total. The van der Waals surface area contributed by atoms with Crippen molar-refractivity contribution in [2.75, 3.05) is 13.1 Å². The third-order valence-corrected chi connectivity index (χ3v) is 3.78. The average Bonchev–Trinajstić information content (AvgIpc) is 2.39. The molecule has 1 aromatic heterocycles. The first-order chi connectivity index (χ1) is 9.02. The molecule has 1 saturated heterocycles. The maximum absolute atomic E-state index is 12.1. The third kappa shape index (κ3) is 2.83. The van der Waals surface area contributed by atoms with Crippen LogP contribution in [0.2, 0.25) is 0 Å². The summed E-state index contributed by atoms with van der Waals surface area (Å²) < 4.78 is 1.38. The highest BCUT2D eigenvalue weighted by Gasteiger charge is 2.22. The molecule has 102 valence electrons. The Labute approximate surface area is 111 Å². The smallest absolute Gasteiger partial charge is 0.289 e. The molecule has 0 amide bonds. The molecule has 19 heavy (non-hydrogen) atoms. The molecule has 0 unspecified atom stereocenters. The molecule has 0 saturated carbocycles. The van der Waals surface area contributed by atoms with E-state index < -0.39 is 0 Å². The molecule has 0 aliphatic carbocycles. The molecule has 6 heteroatoms. The summed E-state index contributed by atoms with van der Waals surface area (Å²) >= 11 is 0. The van der Waals surface area contributed by atoms with Crippen LogP contribution in [-0.4, -0.2) is 34.1 Å². The van der Waals surface area contributed by atoms with Gasteiger partial charge in [0.05, 0.1) is 24.9 Å². The van der Waals surface area contributed by atoms with Gasteiger partial charge in [0, 0.05) is 12.8 Å². The van der Waals surface area contributed by atoms with Crippen molar-refractivity contribution in [2.45, 2.75) is 39.5 Å². The van der Waals surface area contributed by atoms with E-state index in [1.54, 1.807) is 13.8 Å². The van der Waals surface area contributed by atoms with Gasteiger partial charge in [0.2, 0.25) is 0 Å². The first-order valence-electron chi connectivity index (χ1n) is 6.53. The maximum Gasteiger partial charge on any atom is 0.289 e. The van der Waals surface area contributed by atoms with E-state index in [0.29, 0.717) is 17.9 Å². The van der Waals surface area contributed by atoms with Crippen molar-refractivity contribution in [3.8, 4) is 6.07 Å². The summed E-state index contributed by atoms with van der Waals surface area (Å²) in [5.41, 5.74) is 1.24. The van der Waals surface area contributed by atoms with Crippen LogP contribution < -0.4 is 10.5 Å². The molecule has 1 aliphatic heterocycles. The Bertz CT molecular complexity index is 565. The molecule has 0 spiro atoms. The Balaban J connectivity index is 2.24. The van der Waals surface area contributed by atoms with Crippen molar-refractivity contribution in [2.24, 2.45) is 0 Å². The van der Waals surface area contributed by atoms with E-state index in [2.05, 4.69) is 5.10 Å². The lowest BCUT2D eigenvalue weighted by molar-refractivity contribution is -0.929. The number of nitrogens with one attached hydrogen (secondary N) is 1. The first kappa shape index (κ1) is 13.7. The summed E-state index contributed by atoms with van der Waals surface area (Å²) in [6.07, 6.45) is 1.28. The van der Waals surface area contributed by atoms with Crippen molar-refractivity contribution in [1.82, 2.24) is 9.78 Å². The van der Waals surface area contributed by atoms with E-state index in [1.165, 1.54) is 9.58 Å². The predicted molar refractivity (Wildman–Crippen MR) is 68.6 cm³/mol. The number of nitriles is 1. The van der Waals surface area contributed by atoms with Gasteiger partial charge in [-0.3, -0.25) is 4.79 Å². The minimum absolute atomic E-state index is 0.184. The highest BCUT2D eigenvalue weighted by molar-refractivity contribution is 5.36. The first-order valence-corrected chi connectivity index (χ1v) is 6.53. The van der Waals surface area contributed by atoms with E-state index in [-0.39, 0.29) is 17.2 Å². The van der Waals surface area contributed by atoms with Crippen molar-refractivity contribution in [3.05, 3.63) is 27.2 Å². The predicted octanol–water partition coefficient (Wildman–Crippen LogP) is -1.27. The number of aryl methyl sites for hydroxylation is 1. The molecular weight excluding hydrogens is 244 g/mol. The minimum atomic E-state index is -0.316. The molecule has 0 atom stereocenters. The molecule has 2 N–H and O–H groups in total. The number of piperidine rings is 1. The molecule has 0 radical (unpaired) electrons. The number of hydrogen-bond acceptors (Lipinski definition) is 4. The molecular formula is C13H19N4O2+. The fraction of sp³-hybridized carbons (Fsp3) is 0.615. The fourth-order valence-corrected chi connectivity index (χ4v) is 2.39. The van der Waals surface area contributed by atoms with Crippen LogP contribution in [-0.2, 0) is 6.67 Å². The van der Waals surface area contributed by atoms with Crippen molar-refractivity contribution < 1.29 is 10.0 Å². The van der Waals surface area contributed by atoms with Crippen LogP contribution in [0.25, 0.3) is 0 Å². The van der Waals surface area contributed by atoms with E-state index in [0.717, 1.165) is 25.9 Å². The van der Waals surface area contributed by atoms with Crippen LogP contribution in [0.15, 0.2) is 4.79 Å². The Hall–Kier alpha value is -1.71. The van der Waals surface area contributed by atoms with Crippen LogP contribution in [0.4, 0.5) is 0 Å². The number of likely N-dealkylation sites (tertiary alicyclic amines) is 1. The van der Waals surface area contributed by atoms with Crippen LogP contribution in [0.5, 0.6) is 0 Å². The quantitative estimate of drug-likeness (QED) is 0.697. The van der Waals surface area contributed by atoms with Crippen LogP contribution in [0, 0.1) is 25.2 Å². The summed E-state index contributed by atoms with van der Waals surface area (Å²) in [5.74, 6) is 0. The van der Waals surface area contributed by atoms with Gasteiger partial charge >= 0.3 is 0 Å². The minimum Gasteiger partial charge on any atom is -0.393 e. The summed E-state index contributed by atoms with van der Waals surface area (Å²) in [7, 11) is 0. The monoisotopic (exact) mass is 263 g/mol. The largest absolute Gasteiger partial charge is 0.393 e. The lowest BCUT2D eigenvalue weighted by Crippen LogP contribution is -3.12. The normalized spacial score (nSPS) is 23.1. The van der Waals surface area contributed by atoms with Gasteiger partial charge in [-0.25, -0.2) is 0 Å². The molecule has 2 rings (SSSR count). The molecule has 0 aromatic carbocycles.